The highest BCUT2D eigenvalue weighted by molar-refractivity contribution is 5.90. The Morgan fingerprint density at radius 1 is 1.21 bits per heavy atom. The fourth-order valence-corrected chi connectivity index (χ4v) is 2.07. The lowest BCUT2D eigenvalue weighted by Gasteiger charge is -2.06. The molecule has 0 saturated carbocycles. The molecule has 0 unspecified atom stereocenters. The molecule has 0 saturated heterocycles. The smallest absolute Gasteiger partial charge is 0.269 e. The predicted molar refractivity (Wildman–Crippen MR) is 84.1 cm³/mol. The van der Waals surface area contributed by atoms with Crippen LogP contribution in [-0.2, 0) is 6.61 Å². The minimum Gasteiger partial charge on any atom is -0.472 e. The highest BCUT2D eigenvalue weighted by Crippen LogP contribution is 2.25. The first-order chi connectivity index (χ1) is 11.5. The molecule has 0 spiro atoms. The van der Waals surface area contributed by atoms with E-state index in [1.807, 2.05) is 19.1 Å². The third kappa shape index (κ3) is 3.22. The minimum absolute atomic E-state index is 0.0786. The molecular weight excluding hydrogens is 310 g/mol. The molecule has 0 fully saturated rings. The van der Waals surface area contributed by atoms with E-state index in [1.165, 1.54) is 12.1 Å². The maximum Gasteiger partial charge on any atom is 0.269 e. The second-order valence-electron chi connectivity index (χ2n) is 5.16. The number of pyridine rings is 1. The van der Waals surface area contributed by atoms with E-state index >= 15 is 0 Å². The summed E-state index contributed by atoms with van der Waals surface area (Å²) in [5.41, 5.74) is 8.42. The number of ether oxygens (including phenoxy) is 1. The van der Waals surface area contributed by atoms with E-state index in [0.717, 1.165) is 16.8 Å². The summed E-state index contributed by atoms with van der Waals surface area (Å²) in [6, 6.07) is 6.81. The molecule has 8 nitrogen and oxygen atoms in total. The molecule has 0 aliphatic carbocycles. The zero-order valence-corrected chi connectivity index (χ0v) is 13.2. The van der Waals surface area contributed by atoms with Crippen LogP contribution in [0.3, 0.4) is 0 Å². The van der Waals surface area contributed by atoms with Crippen LogP contribution in [0.2, 0.25) is 0 Å². The van der Waals surface area contributed by atoms with E-state index in [0.29, 0.717) is 11.5 Å². The van der Waals surface area contributed by atoms with Gasteiger partial charge in [-0.3, -0.25) is 9.78 Å². The topological polar surface area (TPSA) is 117 Å². The number of amides is 1. The minimum atomic E-state index is -0.641. The van der Waals surface area contributed by atoms with E-state index in [9.17, 15) is 4.79 Å². The molecule has 3 heterocycles. The summed E-state index contributed by atoms with van der Waals surface area (Å²) in [5, 5.41) is 11.6. The molecule has 0 atom stereocenters. The summed E-state index contributed by atoms with van der Waals surface area (Å²) in [6.07, 6.45) is 1.73. The molecule has 0 aliphatic rings. The normalized spacial score (nSPS) is 10.6. The van der Waals surface area contributed by atoms with Crippen LogP contribution in [0.25, 0.3) is 11.3 Å². The van der Waals surface area contributed by atoms with Gasteiger partial charge in [0, 0.05) is 23.5 Å². The quantitative estimate of drug-likeness (QED) is 0.760. The number of carbonyl (C=O) groups is 1. The Morgan fingerprint density at radius 3 is 2.67 bits per heavy atom. The number of nitrogens with zero attached hydrogens (tertiary/aromatic N) is 4. The van der Waals surface area contributed by atoms with Gasteiger partial charge in [0.25, 0.3) is 5.91 Å². The van der Waals surface area contributed by atoms with Crippen LogP contribution >= 0.6 is 0 Å². The van der Waals surface area contributed by atoms with Crippen LogP contribution < -0.4 is 10.5 Å². The molecule has 8 heteroatoms. The van der Waals surface area contributed by atoms with Crippen LogP contribution in [0.15, 0.2) is 35.0 Å². The molecule has 0 aromatic carbocycles. The van der Waals surface area contributed by atoms with Crippen LogP contribution in [0.1, 0.15) is 27.5 Å². The lowest BCUT2D eigenvalue weighted by Crippen LogP contribution is -2.13. The Bertz CT molecular complexity index is 856. The van der Waals surface area contributed by atoms with E-state index in [2.05, 4.69) is 20.3 Å². The van der Waals surface area contributed by atoms with Gasteiger partial charge in [0.1, 0.15) is 18.1 Å². The number of hydrogen-bond donors (Lipinski definition) is 1. The molecule has 3 rings (SSSR count). The van der Waals surface area contributed by atoms with Gasteiger partial charge < -0.3 is 15.0 Å². The highest BCUT2D eigenvalue weighted by atomic mass is 16.5. The first-order valence-electron chi connectivity index (χ1n) is 7.19. The van der Waals surface area contributed by atoms with Crippen LogP contribution in [-0.4, -0.2) is 26.2 Å². The van der Waals surface area contributed by atoms with E-state index in [-0.39, 0.29) is 18.2 Å². The molecular formula is C16H15N5O3. The first-order valence-corrected chi connectivity index (χ1v) is 7.19. The van der Waals surface area contributed by atoms with Gasteiger partial charge in [0.15, 0.2) is 5.69 Å². The van der Waals surface area contributed by atoms with Crippen LogP contribution in [0.5, 0.6) is 5.88 Å². The van der Waals surface area contributed by atoms with Gasteiger partial charge in [-0.1, -0.05) is 5.16 Å². The van der Waals surface area contributed by atoms with E-state index < -0.39 is 5.91 Å². The number of rotatable bonds is 5. The Labute approximate surface area is 137 Å². The van der Waals surface area contributed by atoms with Crippen molar-refractivity contribution >= 4 is 5.91 Å². The standard InChI is InChI=1S/C16H15N5O3/c1-9-3-4-11(7-18-9)15-12(10(2)24-21-15)8-23-14-6-5-13(16(17)22)19-20-14/h3-7H,8H2,1-2H3,(H2,17,22). The van der Waals surface area contributed by atoms with E-state index in [4.69, 9.17) is 15.0 Å². The summed E-state index contributed by atoms with van der Waals surface area (Å²) in [4.78, 5) is 15.2. The van der Waals surface area contributed by atoms with Crippen molar-refractivity contribution in [3.63, 3.8) is 0 Å². The van der Waals surface area contributed by atoms with Gasteiger partial charge in [-0.2, -0.15) is 0 Å². The monoisotopic (exact) mass is 325 g/mol. The lowest BCUT2D eigenvalue weighted by atomic mass is 10.1. The van der Waals surface area contributed by atoms with Gasteiger partial charge in [0.2, 0.25) is 5.88 Å². The molecule has 3 aromatic rings. The maximum absolute atomic E-state index is 11.0. The fourth-order valence-electron chi connectivity index (χ4n) is 2.07. The van der Waals surface area contributed by atoms with Gasteiger partial charge in [0.05, 0.1) is 5.56 Å². The molecule has 0 bridgehead atoms. The third-order valence-electron chi connectivity index (χ3n) is 3.43. The van der Waals surface area contributed by atoms with Gasteiger partial charge >= 0.3 is 0 Å². The summed E-state index contributed by atoms with van der Waals surface area (Å²) < 4.78 is 10.9. The largest absolute Gasteiger partial charge is 0.472 e. The molecule has 2 N–H and O–H groups in total. The molecule has 3 aromatic heterocycles. The average molecular weight is 325 g/mol. The summed E-state index contributed by atoms with van der Waals surface area (Å²) in [5.74, 6) is 0.277. The van der Waals surface area contributed by atoms with Crippen molar-refractivity contribution in [2.75, 3.05) is 0 Å². The van der Waals surface area contributed by atoms with Crippen molar-refractivity contribution in [1.29, 1.82) is 0 Å². The van der Waals surface area contributed by atoms with Crippen molar-refractivity contribution in [1.82, 2.24) is 20.3 Å². The van der Waals surface area contributed by atoms with Gasteiger partial charge in [-0.05, 0) is 32.0 Å². The maximum atomic E-state index is 11.0. The number of primary amides is 1. The highest BCUT2D eigenvalue weighted by Gasteiger charge is 2.16. The zero-order chi connectivity index (χ0) is 17.1. The number of aromatic nitrogens is 4. The Morgan fingerprint density at radius 2 is 2.04 bits per heavy atom. The average Bonchev–Trinajstić information content (AvgIpc) is 2.95. The Kier molecular flexibility index (Phi) is 4.19. The number of carbonyl (C=O) groups excluding carboxylic acids is 1. The summed E-state index contributed by atoms with van der Waals surface area (Å²) in [7, 11) is 0. The second-order valence-corrected chi connectivity index (χ2v) is 5.16. The SMILES string of the molecule is Cc1ccc(-c2noc(C)c2COc2ccc(C(N)=O)nn2)cn1. The van der Waals surface area contributed by atoms with Crippen molar-refractivity contribution in [3.8, 4) is 17.1 Å². The zero-order valence-electron chi connectivity index (χ0n) is 13.2. The van der Waals surface area contributed by atoms with Crippen molar-refractivity contribution in [2.45, 2.75) is 20.5 Å². The van der Waals surface area contributed by atoms with Gasteiger partial charge in [-0.15, -0.1) is 10.2 Å². The van der Waals surface area contributed by atoms with Crippen LogP contribution in [0.4, 0.5) is 0 Å². The number of hydrogen-bond acceptors (Lipinski definition) is 7. The molecule has 122 valence electrons. The molecule has 1 amide bonds. The lowest BCUT2D eigenvalue weighted by molar-refractivity contribution is 0.0994. The van der Waals surface area contributed by atoms with Crippen molar-refractivity contribution in [2.24, 2.45) is 5.73 Å². The Hall–Kier alpha value is -3.29. The molecule has 24 heavy (non-hydrogen) atoms. The number of nitrogens with two attached hydrogens (primary N) is 1. The van der Waals surface area contributed by atoms with Crippen molar-refractivity contribution < 1.29 is 14.1 Å². The molecule has 0 aliphatic heterocycles. The fraction of sp³-hybridized carbons (Fsp3) is 0.188. The Balaban J connectivity index is 1.79. The van der Waals surface area contributed by atoms with Crippen molar-refractivity contribution in [3.05, 3.63) is 53.2 Å². The first kappa shape index (κ1) is 15.6. The molecule has 0 radical (unpaired) electrons. The summed E-state index contributed by atoms with van der Waals surface area (Å²) in [6.45, 7) is 3.91. The van der Waals surface area contributed by atoms with Gasteiger partial charge in [-0.25, -0.2) is 0 Å². The number of aryl methyl sites for hydroxylation is 2. The predicted octanol–water partition coefficient (Wildman–Crippen LogP) is 1.82. The van der Waals surface area contributed by atoms with E-state index in [1.54, 1.807) is 13.1 Å². The second kappa shape index (κ2) is 6.45. The van der Waals surface area contributed by atoms with Crippen LogP contribution in [0, 0.1) is 13.8 Å². The summed E-state index contributed by atoms with van der Waals surface area (Å²) >= 11 is 0. The third-order valence-corrected chi connectivity index (χ3v) is 3.43.